The monoisotopic (exact) mass is 406 g/mol. The maximum atomic E-state index is 11.6. The predicted octanol–water partition coefficient (Wildman–Crippen LogP) is 1.98. The first-order valence-electron chi connectivity index (χ1n) is 9.91. The topological polar surface area (TPSA) is 95.6 Å². The molecular formula is C20H34N6OS. The smallest absolute Gasteiger partial charge is 0.222 e. The number of guanidine groups is 1. The van der Waals surface area contributed by atoms with Crippen molar-refractivity contribution in [2.24, 2.45) is 16.6 Å². The minimum Gasteiger partial charge on any atom is -0.369 e. The van der Waals surface area contributed by atoms with Gasteiger partial charge in [-0.05, 0) is 45.9 Å². The number of carbonyl (C=O) groups excluding carboxylic acids is 1. The lowest BCUT2D eigenvalue weighted by Gasteiger charge is -2.33. The van der Waals surface area contributed by atoms with E-state index in [1.54, 1.807) is 6.20 Å². The molecule has 4 N–H and O–H groups in total. The van der Waals surface area contributed by atoms with Crippen molar-refractivity contribution in [2.45, 2.75) is 44.9 Å². The zero-order valence-electron chi connectivity index (χ0n) is 17.5. The summed E-state index contributed by atoms with van der Waals surface area (Å²) in [6.07, 6.45) is 5.71. The van der Waals surface area contributed by atoms with E-state index in [1.807, 2.05) is 17.8 Å². The second kappa shape index (κ2) is 10.5. The van der Waals surface area contributed by atoms with Gasteiger partial charge in [-0.15, -0.1) is 0 Å². The Hall–Kier alpha value is -1.96. The summed E-state index contributed by atoms with van der Waals surface area (Å²) < 4.78 is 0.132. The van der Waals surface area contributed by atoms with Crippen LogP contribution in [-0.2, 0) is 11.3 Å². The lowest BCUT2D eigenvalue weighted by Crippen LogP contribution is -2.43. The van der Waals surface area contributed by atoms with Crippen LogP contribution in [0, 0.1) is 5.92 Å². The molecule has 0 bridgehead atoms. The molecule has 0 aliphatic carbocycles. The number of pyridine rings is 1. The van der Waals surface area contributed by atoms with E-state index >= 15 is 0 Å². The summed E-state index contributed by atoms with van der Waals surface area (Å²) in [4.78, 5) is 23.1. The molecule has 8 heteroatoms. The molecule has 1 atom stereocenters. The molecule has 1 saturated heterocycles. The van der Waals surface area contributed by atoms with Gasteiger partial charge in [0, 0.05) is 42.7 Å². The van der Waals surface area contributed by atoms with Crippen molar-refractivity contribution in [1.82, 2.24) is 15.6 Å². The number of thioether (sulfide) groups is 1. The van der Waals surface area contributed by atoms with Gasteiger partial charge in [0.2, 0.25) is 5.91 Å². The highest BCUT2D eigenvalue weighted by Gasteiger charge is 2.26. The highest BCUT2D eigenvalue weighted by atomic mass is 32.2. The number of hydrogen-bond acceptors (Lipinski definition) is 5. The van der Waals surface area contributed by atoms with Crippen LogP contribution in [0.1, 0.15) is 39.2 Å². The Morgan fingerprint density at radius 2 is 2.25 bits per heavy atom. The highest BCUT2D eigenvalue weighted by molar-refractivity contribution is 7.99. The zero-order valence-corrected chi connectivity index (χ0v) is 18.3. The van der Waals surface area contributed by atoms with E-state index in [1.165, 1.54) is 0 Å². The standard InChI is InChI=1S/C20H34N6OS/c1-5-22-19(25-14-20(2,3)28-4)24-12-15-8-6-10-23-18(15)26-11-7-9-16(13-26)17(21)27/h6,8,10,16H,5,7,9,11-14H2,1-4H3,(H2,21,27)(H2,22,24,25). The zero-order chi connectivity index (χ0) is 20.6. The number of hydrogen-bond donors (Lipinski definition) is 3. The lowest BCUT2D eigenvalue weighted by molar-refractivity contribution is -0.122. The maximum Gasteiger partial charge on any atom is 0.222 e. The van der Waals surface area contributed by atoms with Crippen molar-refractivity contribution in [3.63, 3.8) is 0 Å². The van der Waals surface area contributed by atoms with E-state index in [-0.39, 0.29) is 16.6 Å². The van der Waals surface area contributed by atoms with Crippen molar-refractivity contribution in [2.75, 3.05) is 37.3 Å². The number of primary amides is 1. The van der Waals surface area contributed by atoms with Gasteiger partial charge in [-0.25, -0.2) is 9.98 Å². The van der Waals surface area contributed by atoms with Gasteiger partial charge in [-0.3, -0.25) is 4.79 Å². The van der Waals surface area contributed by atoms with Crippen molar-refractivity contribution in [3.8, 4) is 0 Å². The molecule has 1 aliphatic rings. The van der Waals surface area contributed by atoms with Crippen LogP contribution in [0.2, 0.25) is 0 Å². The van der Waals surface area contributed by atoms with E-state index in [9.17, 15) is 4.79 Å². The Bertz CT molecular complexity index is 678. The quantitative estimate of drug-likeness (QED) is 0.451. The number of nitrogens with one attached hydrogen (secondary N) is 2. The average Bonchev–Trinajstić information content (AvgIpc) is 2.70. The summed E-state index contributed by atoms with van der Waals surface area (Å²) in [5, 5.41) is 6.73. The van der Waals surface area contributed by atoms with Crippen molar-refractivity contribution in [3.05, 3.63) is 23.9 Å². The summed E-state index contributed by atoms with van der Waals surface area (Å²) in [5.74, 6) is 1.36. The molecule has 0 radical (unpaired) electrons. The molecule has 1 aromatic heterocycles. The van der Waals surface area contributed by atoms with Crippen LogP contribution >= 0.6 is 11.8 Å². The van der Waals surface area contributed by atoms with Gasteiger partial charge in [-0.2, -0.15) is 11.8 Å². The van der Waals surface area contributed by atoms with Crippen molar-refractivity contribution >= 4 is 29.4 Å². The summed E-state index contributed by atoms with van der Waals surface area (Å²) >= 11 is 1.83. The molecule has 1 amide bonds. The molecule has 1 unspecified atom stereocenters. The molecule has 1 fully saturated rings. The Labute approximate surface area is 172 Å². The molecule has 0 spiro atoms. The van der Waals surface area contributed by atoms with Gasteiger partial charge in [0.15, 0.2) is 5.96 Å². The third-order valence-electron chi connectivity index (χ3n) is 4.98. The molecule has 7 nitrogen and oxygen atoms in total. The summed E-state index contributed by atoms with van der Waals surface area (Å²) in [7, 11) is 0. The third kappa shape index (κ3) is 6.58. The minimum absolute atomic E-state index is 0.111. The lowest BCUT2D eigenvalue weighted by atomic mass is 9.97. The average molecular weight is 407 g/mol. The maximum absolute atomic E-state index is 11.6. The van der Waals surface area contributed by atoms with Gasteiger partial charge in [-0.1, -0.05) is 6.07 Å². The van der Waals surface area contributed by atoms with Crippen LogP contribution in [0.3, 0.4) is 0 Å². The first-order chi connectivity index (χ1) is 13.4. The van der Waals surface area contributed by atoms with Gasteiger partial charge >= 0.3 is 0 Å². The van der Waals surface area contributed by atoms with E-state index in [2.05, 4.69) is 53.6 Å². The number of amides is 1. The van der Waals surface area contributed by atoms with Crippen molar-refractivity contribution < 1.29 is 4.79 Å². The molecule has 1 aromatic rings. The van der Waals surface area contributed by atoms with Gasteiger partial charge in [0.05, 0.1) is 12.5 Å². The normalized spacial score (nSPS) is 18.1. The SMILES string of the molecule is CCNC(=NCc1cccnc1N1CCCC(C(N)=O)C1)NCC(C)(C)SC. The van der Waals surface area contributed by atoms with Crippen LogP contribution < -0.4 is 21.3 Å². The molecule has 156 valence electrons. The molecule has 0 aromatic carbocycles. The molecule has 28 heavy (non-hydrogen) atoms. The fourth-order valence-corrected chi connectivity index (χ4v) is 3.33. The third-order valence-corrected chi connectivity index (χ3v) is 6.23. The van der Waals surface area contributed by atoms with Crippen molar-refractivity contribution in [1.29, 1.82) is 0 Å². The van der Waals surface area contributed by atoms with E-state index < -0.39 is 0 Å². The molecule has 1 aliphatic heterocycles. The minimum atomic E-state index is -0.227. The Balaban J connectivity index is 2.12. The number of nitrogens with two attached hydrogens (primary N) is 1. The molecular weight excluding hydrogens is 372 g/mol. The summed E-state index contributed by atoms with van der Waals surface area (Å²) in [5.41, 5.74) is 6.58. The predicted molar refractivity (Wildman–Crippen MR) is 119 cm³/mol. The van der Waals surface area contributed by atoms with Gasteiger partial charge < -0.3 is 21.3 Å². The molecule has 0 saturated carbocycles. The van der Waals surface area contributed by atoms with Crippen LogP contribution in [0.15, 0.2) is 23.3 Å². The van der Waals surface area contributed by atoms with Gasteiger partial charge in [0.25, 0.3) is 0 Å². The first kappa shape index (κ1) is 22.3. The number of anilines is 1. The number of carbonyl (C=O) groups is 1. The first-order valence-corrected chi connectivity index (χ1v) is 11.1. The Morgan fingerprint density at radius 3 is 2.93 bits per heavy atom. The Morgan fingerprint density at radius 1 is 1.46 bits per heavy atom. The fraction of sp³-hybridized carbons (Fsp3) is 0.650. The fourth-order valence-electron chi connectivity index (χ4n) is 3.11. The van der Waals surface area contributed by atoms with Crippen LogP contribution in [-0.4, -0.2) is 54.0 Å². The summed E-state index contributed by atoms with van der Waals surface area (Å²) in [6, 6.07) is 3.98. The molecule has 2 rings (SSSR count). The van der Waals surface area contributed by atoms with Gasteiger partial charge in [0.1, 0.15) is 5.82 Å². The van der Waals surface area contributed by atoms with E-state index in [4.69, 9.17) is 10.7 Å². The van der Waals surface area contributed by atoms with E-state index in [0.29, 0.717) is 13.1 Å². The summed E-state index contributed by atoms with van der Waals surface area (Å²) in [6.45, 7) is 10.1. The second-order valence-electron chi connectivity index (χ2n) is 7.69. The van der Waals surface area contributed by atoms with Crippen LogP contribution in [0.5, 0.6) is 0 Å². The highest BCUT2D eigenvalue weighted by Crippen LogP contribution is 2.25. The molecule has 2 heterocycles. The number of rotatable bonds is 8. The largest absolute Gasteiger partial charge is 0.369 e. The number of aromatic nitrogens is 1. The van der Waals surface area contributed by atoms with Crippen LogP contribution in [0.4, 0.5) is 5.82 Å². The van der Waals surface area contributed by atoms with E-state index in [0.717, 1.165) is 49.8 Å². The number of aliphatic imine (C=N–C) groups is 1. The number of piperidine rings is 1. The number of nitrogens with zero attached hydrogens (tertiary/aromatic N) is 3. The second-order valence-corrected chi connectivity index (χ2v) is 9.20. The Kier molecular flexibility index (Phi) is 8.41. The van der Waals surface area contributed by atoms with Crippen LogP contribution in [0.25, 0.3) is 0 Å².